The second-order valence-electron chi connectivity index (χ2n) is 6.37. The summed E-state index contributed by atoms with van der Waals surface area (Å²) in [5.41, 5.74) is 1.44. The van der Waals surface area contributed by atoms with E-state index in [9.17, 15) is 0 Å². The highest BCUT2D eigenvalue weighted by Gasteiger charge is 2.46. The van der Waals surface area contributed by atoms with Crippen LogP contribution in [0.3, 0.4) is 0 Å². The van der Waals surface area contributed by atoms with E-state index >= 15 is 0 Å². The van der Waals surface area contributed by atoms with E-state index in [1.54, 1.807) is 0 Å². The molecule has 0 spiro atoms. The molecule has 21 heavy (non-hydrogen) atoms. The lowest BCUT2D eigenvalue weighted by molar-refractivity contribution is -0.0627. The summed E-state index contributed by atoms with van der Waals surface area (Å²) in [6, 6.07) is 11.3. The number of benzene rings is 1. The Balaban J connectivity index is 2.16. The van der Waals surface area contributed by atoms with E-state index in [0.717, 1.165) is 25.7 Å². The second-order valence-corrected chi connectivity index (χ2v) is 6.37. The Morgan fingerprint density at radius 2 is 1.67 bits per heavy atom. The molecule has 0 aliphatic carbocycles. The minimum Gasteiger partial charge on any atom is -0.355 e. The number of nitrogens with one attached hydrogen (secondary N) is 1. The lowest BCUT2D eigenvalue weighted by atomic mass is 9.82. The van der Waals surface area contributed by atoms with Crippen molar-refractivity contribution < 1.29 is 4.74 Å². The minimum absolute atomic E-state index is 0.0270. The van der Waals surface area contributed by atoms with Crippen molar-refractivity contribution in [2.24, 2.45) is 0 Å². The van der Waals surface area contributed by atoms with Gasteiger partial charge in [-0.05, 0) is 31.2 Å². The van der Waals surface area contributed by atoms with E-state index in [1.807, 2.05) is 0 Å². The summed E-state index contributed by atoms with van der Waals surface area (Å²) < 4.78 is 6.54. The Morgan fingerprint density at radius 3 is 2.24 bits per heavy atom. The minimum atomic E-state index is 0.0270. The largest absolute Gasteiger partial charge is 0.355 e. The summed E-state index contributed by atoms with van der Waals surface area (Å²) in [6.45, 7) is 6.78. The third-order valence-electron chi connectivity index (χ3n) is 4.58. The maximum Gasteiger partial charge on any atom is 0.109 e. The third kappa shape index (κ3) is 4.08. The Labute approximate surface area is 130 Å². The summed E-state index contributed by atoms with van der Waals surface area (Å²) in [4.78, 5) is 0. The summed E-state index contributed by atoms with van der Waals surface area (Å²) in [5.74, 6) is 0. The molecule has 2 nitrogen and oxygen atoms in total. The second kappa shape index (κ2) is 7.95. The van der Waals surface area contributed by atoms with Gasteiger partial charge in [-0.25, -0.2) is 0 Å². The molecule has 0 aromatic heterocycles. The molecule has 2 atom stereocenters. The van der Waals surface area contributed by atoms with Gasteiger partial charge >= 0.3 is 0 Å². The van der Waals surface area contributed by atoms with Crippen LogP contribution in [0.15, 0.2) is 30.3 Å². The number of hydrogen-bond acceptors (Lipinski definition) is 2. The normalized spacial score (nSPS) is 24.3. The molecular weight excluding hydrogens is 258 g/mol. The van der Waals surface area contributed by atoms with Crippen LogP contribution < -0.4 is 5.32 Å². The topological polar surface area (TPSA) is 21.3 Å². The van der Waals surface area contributed by atoms with Crippen molar-refractivity contribution in [2.45, 2.75) is 83.6 Å². The molecule has 2 rings (SSSR count). The number of ether oxygens (including phenoxy) is 1. The van der Waals surface area contributed by atoms with Gasteiger partial charge in [0, 0.05) is 6.04 Å². The van der Waals surface area contributed by atoms with Gasteiger partial charge in [-0.2, -0.15) is 0 Å². The van der Waals surface area contributed by atoms with Crippen LogP contribution in [0.1, 0.15) is 64.9 Å². The van der Waals surface area contributed by atoms with E-state index in [0.29, 0.717) is 6.04 Å². The van der Waals surface area contributed by atoms with E-state index in [2.05, 4.69) is 56.4 Å². The van der Waals surface area contributed by atoms with Crippen molar-refractivity contribution >= 4 is 0 Å². The van der Waals surface area contributed by atoms with E-state index in [1.165, 1.54) is 24.8 Å². The zero-order chi connectivity index (χ0) is 15.1. The maximum atomic E-state index is 6.54. The average molecular weight is 289 g/mol. The Kier molecular flexibility index (Phi) is 6.25. The highest BCUT2D eigenvalue weighted by atomic mass is 16.5. The molecule has 1 aromatic rings. The molecule has 1 N–H and O–H groups in total. The molecule has 0 radical (unpaired) electrons. The summed E-state index contributed by atoms with van der Waals surface area (Å²) >= 11 is 0. The van der Waals surface area contributed by atoms with E-state index in [-0.39, 0.29) is 11.8 Å². The standard InChI is InChI=1S/C19H31NO/c1-4-10-18-20-17(15-16-11-8-7-9-12-16)19(21-18,13-5-2)14-6-3/h7-9,11-12,17-18,20H,4-6,10,13-15H2,1-3H3/t17-,18?/m0/s1. The van der Waals surface area contributed by atoms with Crippen LogP contribution >= 0.6 is 0 Å². The molecule has 0 saturated carbocycles. The van der Waals surface area contributed by atoms with Crippen molar-refractivity contribution in [3.05, 3.63) is 35.9 Å². The van der Waals surface area contributed by atoms with Crippen LogP contribution in [-0.4, -0.2) is 17.9 Å². The molecule has 1 heterocycles. The molecule has 1 aromatic carbocycles. The van der Waals surface area contributed by atoms with Gasteiger partial charge in [0.05, 0.1) is 5.60 Å². The van der Waals surface area contributed by atoms with Crippen molar-refractivity contribution in [3.8, 4) is 0 Å². The fraction of sp³-hybridized carbons (Fsp3) is 0.684. The van der Waals surface area contributed by atoms with Gasteiger partial charge in [-0.15, -0.1) is 0 Å². The first kappa shape index (κ1) is 16.5. The maximum absolute atomic E-state index is 6.54. The lowest BCUT2D eigenvalue weighted by Crippen LogP contribution is -2.45. The SMILES string of the molecule is CCCC1N[C@@H](Cc2ccccc2)C(CCC)(CCC)O1. The van der Waals surface area contributed by atoms with Crippen molar-refractivity contribution in [3.63, 3.8) is 0 Å². The Morgan fingerprint density at radius 1 is 1.00 bits per heavy atom. The molecule has 118 valence electrons. The first-order valence-electron chi connectivity index (χ1n) is 8.72. The highest BCUT2D eigenvalue weighted by molar-refractivity contribution is 5.18. The van der Waals surface area contributed by atoms with Gasteiger partial charge in [-0.3, -0.25) is 5.32 Å². The summed E-state index contributed by atoms with van der Waals surface area (Å²) in [6.07, 6.45) is 8.28. The van der Waals surface area contributed by atoms with Crippen LogP contribution in [0.2, 0.25) is 0 Å². The highest BCUT2D eigenvalue weighted by Crippen LogP contribution is 2.37. The lowest BCUT2D eigenvalue weighted by Gasteiger charge is -2.34. The van der Waals surface area contributed by atoms with Crippen LogP contribution in [-0.2, 0) is 11.2 Å². The number of hydrogen-bond donors (Lipinski definition) is 1. The molecule has 1 saturated heterocycles. The van der Waals surface area contributed by atoms with Gasteiger partial charge in [-0.1, -0.05) is 70.4 Å². The van der Waals surface area contributed by atoms with Crippen LogP contribution in [0.4, 0.5) is 0 Å². The van der Waals surface area contributed by atoms with Gasteiger partial charge < -0.3 is 4.74 Å². The van der Waals surface area contributed by atoms with Crippen molar-refractivity contribution in [2.75, 3.05) is 0 Å². The quantitative estimate of drug-likeness (QED) is 0.750. The van der Waals surface area contributed by atoms with E-state index in [4.69, 9.17) is 4.74 Å². The van der Waals surface area contributed by atoms with Crippen molar-refractivity contribution in [1.82, 2.24) is 5.32 Å². The summed E-state index contributed by atoms with van der Waals surface area (Å²) in [5, 5.41) is 3.78. The fourth-order valence-electron chi connectivity index (χ4n) is 3.71. The monoisotopic (exact) mass is 289 g/mol. The van der Waals surface area contributed by atoms with Gasteiger partial charge in [0.2, 0.25) is 0 Å². The Hall–Kier alpha value is -0.860. The predicted molar refractivity (Wildman–Crippen MR) is 89.4 cm³/mol. The van der Waals surface area contributed by atoms with Gasteiger partial charge in [0.15, 0.2) is 0 Å². The van der Waals surface area contributed by atoms with Gasteiger partial charge in [0.1, 0.15) is 6.23 Å². The smallest absolute Gasteiger partial charge is 0.109 e. The molecule has 1 aliphatic rings. The molecule has 1 fully saturated rings. The zero-order valence-electron chi connectivity index (χ0n) is 13.9. The first-order chi connectivity index (χ1) is 10.2. The number of rotatable bonds is 8. The van der Waals surface area contributed by atoms with Crippen LogP contribution in [0.25, 0.3) is 0 Å². The van der Waals surface area contributed by atoms with E-state index < -0.39 is 0 Å². The zero-order valence-corrected chi connectivity index (χ0v) is 13.9. The fourth-order valence-corrected chi connectivity index (χ4v) is 3.71. The molecule has 1 unspecified atom stereocenters. The van der Waals surface area contributed by atoms with Crippen LogP contribution in [0, 0.1) is 0 Å². The first-order valence-corrected chi connectivity index (χ1v) is 8.72. The summed E-state index contributed by atoms with van der Waals surface area (Å²) in [7, 11) is 0. The van der Waals surface area contributed by atoms with Crippen molar-refractivity contribution in [1.29, 1.82) is 0 Å². The van der Waals surface area contributed by atoms with Crippen LogP contribution in [0.5, 0.6) is 0 Å². The molecule has 2 heteroatoms. The molecule has 0 amide bonds. The van der Waals surface area contributed by atoms with Gasteiger partial charge in [0.25, 0.3) is 0 Å². The Bertz CT molecular complexity index is 397. The molecule has 1 aliphatic heterocycles. The molecule has 0 bridgehead atoms. The average Bonchev–Trinajstić information content (AvgIpc) is 2.79. The predicted octanol–water partition coefficient (Wildman–Crippen LogP) is 4.68. The molecular formula is C19H31NO. The third-order valence-corrected chi connectivity index (χ3v) is 4.58.